The van der Waals surface area contributed by atoms with E-state index in [2.05, 4.69) is 0 Å². The van der Waals surface area contributed by atoms with Gasteiger partial charge in [-0.25, -0.2) is 4.39 Å². The van der Waals surface area contributed by atoms with Crippen molar-refractivity contribution in [2.24, 2.45) is 0 Å². The van der Waals surface area contributed by atoms with Gasteiger partial charge < -0.3 is 0 Å². The topological polar surface area (TPSA) is 43.1 Å². The molecule has 0 spiro atoms. The fourth-order valence-electron chi connectivity index (χ4n) is 1.74. The first-order valence-corrected chi connectivity index (χ1v) is 5.09. The summed E-state index contributed by atoms with van der Waals surface area (Å²) < 4.78 is 13.0. The first-order valence-electron chi connectivity index (χ1n) is 5.09. The second-order valence-electron chi connectivity index (χ2n) is 3.77. The highest BCUT2D eigenvalue weighted by atomic mass is 19.1. The average Bonchev–Trinajstić information content (AvgIpc) is 2.29. The third-order valence-electron chi connectivity index (χ3n) is 2.56. The van der Waals surface area contributed by atoms with E-state index in [1.54, 1.807) is 25.1 Å². The smallest absolute Gasteiger partial charge is 0.258 e. The van der Waals surface area contributed by atoms with Crippen LogP contribution < -0.4 is 0 Å². The van der Waals surface area contributed by atoms with E-state index in [1.165, 1.54) is 24.3 Å². The molecule has 0 fully saturated rings. The monoisotopic (exact) mass is 231 g/mol. The van der Waals surface area contributed by atoms with Gasteiger partial charge in [0.2, 0.25) is 0 Å². The normalized spacial score (nSPS) is 10.2. The number of hydrogen-bond donors (Lipinski definition) is 0. The first-order chi connectivity index (χ1) is 8.08. The van der Waals surface area contributed by atoms with Crippen molar-refractivity contribution in [3.05, 3.63) is 64.0 Å². The van der Waals surface area contributed by atoms with Crippen LogP contribution in [-0.2, 0) is 0 Å². The molecular formula is C13H10FNO2. The third kappa shape index (κ3) is 2.30. The molecule has 0 amide bonds. The van der Waals surface area contributed by atoms with Crippen molar-refractivity contribution in [1.82, 2.24) is 0 Å². The summed E-state index contributed by atoms with van der Waals surface area (Å²) in [5.74, 6) is -0.309. The van der Waals surface area contributed by atoms with Crippen LogP contribution in [0.5, 0.6) is 0 Å². The molecule has 0 bridgehead atoms. The Balaban J connectivity index is 2.53. The molecule has 0 radical (unpaired) electrons. The fraction of sp³-hybridized carbons (Fsp3) is 0.0769. The van der Waals surface area contributed by atoms with Crippen LogP contribution in [0.15, 0.2) is 42.5 Å². The maximum absolute atomic E-state index is 13.0. The van der Waals surface area contributed by atoms with E-state index in [4.69, 9.17) is 0 Å². The van der Waals surface area contributed by atoms with Gasteiger partial charge in [0.25, 0.3) is 5.69 Å². The van der Waals surface area contributed by atoms with Gasteiger partial charge in [-0.15, -0.1) is 0 Å². The maximum atomic E-state index is 13.0. The molecule has 2 aromatic rings. The van der Waals surface area contributed by atoms with Crippen LogP contribution in [-0.4, -0.2) is 4.92 Å². The second-order valence-corrected chi connectivity index (χ2v) is 3.77. The standard InChI is InChI=1S/C13H10FNO2/c1-9-7-11(14)5-6-13(9)10-3-2-4-12(8-10)15(16)17/h2-8H,1H3. The van der Waals surface area contributed by atoms with Crippen LogP contribution in [0.3, 0.4) is 0 Å². The Morgan fingerprint density at radius 3 is 2.59 bits per heavy atom. The van der Waals surface area contributed by atoms with Crippen LogP contribution in [0.4, 0.5) is 10.1 Å². The van der Waals surface area contributed by atoms with Crippen molar-refractivity contribution in [3.8, 4) is 11.1 Å². The number of hydrogen-bond acceptors (Lipinski definition) is 2. The molecule has 0 aliphatic heterocycles. The van der Waals surface area contributed by atoms with Gasteiger partial charge in [0.1, 0.15) is 5.82 Å². The quantitative estimate of drug-likeness (QED) is 0.584. The van der Waals surface area contributed by atoms with Crippen LogP contribution in [0.2, 0.25) is 0 Å². The molecule has 0 unspecified atom stereocenters. The van der Waals surface area contributed by atoms with Crippen molar-refractivity contribution in [1.29, 1.82) is 0 Å². The zero-order valence-electron chi connectivity index (χ0n) is 9.18. The Morgan fingerprint density at radius 1 is 1.18 bits per heavy atom. The van der Waals surface area contributed by atoms with E-state index in [-0.39, 0.29) is 11.5 Å². The Bertz CT molecular complexity index is 581. The molecular weight excluding hydrogens is 221 g/mol. The van der Waals surface area contributed by atoms with Gasteiger partial charge in [-0.2, -0.15) is 0 Å². The second kappa shape index (κ2) is 4.33. The predicted octanol–water partition coefficient (Wildman–Crippen LogP) is 3.71. The lowest BCUT2D eigenvalue weighted by molar-refractivity contribution is -0.384. The number of benzene rings is 2. The van der Waals surface area contributed by atoms with E-state index in [0.717, 1.165) is 16.7 Å². The van der Waals surface area contributed by atoms with Gasteiger partial charge in [-0.3, -0.25) is 10.1 Å². The van der Waals surface area contributed by atoms with E-state index < -0.39 is 4.92 Å². The average molecular weight is 231 g/mol. The number of nitro benzene ring substituents is 1. The first kappa shape index (κ1) is 11.3. The molecule has 0 atom stereocenters. The largest absolute Gasteiger partial charge is 0.270 e. The highest BCUT2D eigenvalue weighted by molar-refractivity contribution is 5.69. The van der Waals surface area contributed by atoms with E-state index >= 15 is 0 Å². The summed E-state index contributed by atoms with van der Waals surface area (Å²) in [6.07, 6.45) is 0. The molecule has 3 nitrogen and oxygen atoms in total. The molecule has 0 aromatic heterocycles. The summed E-state index contributed by atoms with van der Waals surface area (Å²) in [6.45, 7) is 1.78. The van der Waals surface area contributed by atoms with Crippen LogP contribution in [0.1, 0.15) is 5.56 Å². The summed E-state index contributed by atoms with van der Waals surface area (Å²) in [7, 11) is 0. The highest BCUT2D eigenvalue weighted by Gasteiger charge is 2.08. The number of nitrogens with zero attached hydrogens (tertiary/aromatic N) is 1. The number of rotatable bonds is 2. The minimum atomic E-state index is -0.442. The summed E-state index contributed by atoms with van der Waals surface area (Å²) in [5, 5.41) is 10.7. The molecule has 0 saturated heterocycles. The molecule has 0 heterocycles. The Hall–Kier alpha value is -2.23. The molecule has 0 aliphatic carbocycles. The molecule has 0 aliphatic rings. The van der Waals surface area contributed by atoms with Crippen molar-refractivity contribution in [2.75, 3.05) is 0 Å². The van der Waals surface area contributed by atoms with Crippen LogP contribution >= 0.6 is 0 Å². The summed E-state index contributed by atoms with van der Waals surface area (Å²) in [4.78, 5) is 10.2. The molecule has 17 heavy (non-hydrogen) atoms. The lowest BCUT2D eigenvalue weighted by atomic mass is 10.0. The van der Waals surface area contributed by atoms with E-state index in [9.17, 15) is 14.5 Å². The van der Waals surface area contributed by atoms with Crippen LogP contribution in [0, 0.1) is 22.9 Å². The van der Waals surface area contributed by atoms with Crippen molar-refractivity contribution in [2.45, 2.75) is 6.92 Å². The zero-order chi connectivity index (χ0) is 12.4. The number of non-ortho nitro benzene ring substituents is 1. The number of halogens is 1. The SMILES string of the molecule is Cc1cc(F)ccc1-c1cccc([N+](=O)[O-])c1. The lowest BCUT2D eigenvalue weighted by Crippen LogP contribution is -1.89. The summed E-state index contributed by atoms with van der Waals surface area (Å²) in [6, 6.07) is 10.7. The Labute approximate surface area is 97.7 Å². The Morgan fingerprint density at radius 2 is 1.94 bits per heavy atom. The molecule has 2 rings (SSSR count). The molecule has 0 N–H and O–H groups in total. The maximum Gasteiger partial charge on any atom is 0.270 e. The molecule has 0 saturated carbocycles. The number of aryl methyl sites for hydroxylation is 1. The highest BCUT2D eigenvalue weighted by Crippen LogP contribution is 2.26. The van der Waals surface area contributed by atoms with Crippen LogP contribution in [0.25, 0.3) is 11.1 Å². The van der Waals surface area contributed by atoms with Gasteiger partial charge in [0, 0.05) is 12.1 Å². The fourth-order valence-corrected chi connectivity index (χ4v) is 1.74. The van der Waals surface area contributed by atoms with Crippen molar-refractivity contribution < 1.29 is 9.31 Å². The van der Waals surface area contributed by atoms with Gasteiger partial charge in [-0.05, 0) is 35.7 Å². The molecule has 4 heteroatoms. The minimum Gasteiger partial charge on any atom is -0.258 e. The van der Waals surface area contributed by atoms with E-state index in [0.29, 0.717) is 0 Å². The predicted molar refractivity (Wildman–Crippen MR) is 63.2 cm³/mol. The van der Waals surface area contributed by atoms with Gasteiger partial charge >= 0.3 is 0 Å². The van der Waals surface area contributed by atoms with Gasteiger partial charge in [-0.1, -0.05) is 18.2 Å². The Kier molecular flexibility index (Phi) is 2.87. The lowest BCUT2D eigenvalue weighted by Gasteiger charge is -2.05. The minimum absolute atomic E-state index is 0.0335. The van der Waals surface area contributed by atoms with Crippen molar-refractivity contribution in [3.63, 3.8) is 0 Å². The third-order valence-corrected chi connectivity index (χ3v) is 2.56. The summed E-state index contributed by atoms with van der Waals surface area (Å²) >= 11 is 0. The molecule has 2 aromatic carbocycles. The van der Waals surface area contributed by atoms with E-state index in [1.807, 2.05) is 0 Å². The van der Waals surface area contributed by atoms with Crippen molar-refractivity contribution >= 4 is 5.69 Å². The summed E-state index contributed by atoms with van der Waals surface area (Å²) in [5.41, 5.74) is 2.31. The zero-order valence-corrected chi connectivity index (χ0v) is 9.18. The van der Waals surface area contributed by atoms with Gasteiger partial charge in [0.15, 0.2) is 0 Å². The molecule has 86 valence electrons. The number of nitro groups is 1. The van der Waals surface area contributed by atoms with Gasteiger partial charge in [0.05, 0.1) is 4.92 Å².